The molecule has 0 unspecified atom stereocenters. The minimum Gasteiger partial charge on any atom is -0.341 e. The van der Waals surface area contributed by atoms with Crippen LogP contribution in [0.2, 0.25) is 5.02 Å². The summed E-state index contributed by atoms with van der Waals surface area (Å²) in [7, 11) is 0. The first-order valence-corrected chi connectivity index (χ1v) is 14.2. The zero-order valence-corrected chi connectivity index (χ0v) is 24.1. The van der Waals surface area contributed by atoms with Crippen molar-refractivity contribution in [2.45, 2.75) is 52.1 Å². The molecular weight excluding hydrogens is 526 g/mol. The lowest BCUT2D eigenvalue weighted by Crippen LogP contribution is -2.53. The Labute approximate surface area is 240 Å². The van der Waals surface area contributed by atoms with E-state index in [0.29, 0.717) is 43.2 Å². The molecule has 3 aliphatic rings. The van der Waals surface area contributed by atoms with Gasteiger partial charge in [-0.25, -0.2) is 9.59 Å². The highest BCUT2D eigenvalue weighted by molar-refractivity contribution is 6.31. The third kappa shape index (κ3) is 5.32. The van der Waals surface area contributed by atoms with Crippen LogP contribution in [0.5, 0.6) is 0 Å². The second-order valence-electron chi connectivity index (χ2n) is 10.9. The third-order valence-electron chi connectivity index (χ3n) is 8.12. The predicted octanol–water partition coefficient (Wildman–Crippen LogP) is 5.73. The number of piperidine rings is 1. The van der Waals surface area contributed by atoms with Gasteiger partial charge in [-0.2, -0.15) is 0 Å². The van der Waals surface area contributed by atoms with Gasteiger partial charge < -0.3 is 15.1 Å². The van der Waals surface area contributed by atoms with E-state index in [2.05, 4.69) is 11.9 Å². The number of amides is 5. The maximum absolute atomic E-state index is 13.4. The molecule has 2 aromatic carbocycles. The average Bonchev–Trinajstić information content (AvgIpc) is 3.10. The average molecular weight is 562 g/mol. The van der Waals surface area contributed by atoms with Crippen LogP contribution in [0.3, 0.4) is 0 Å². The quantitative estimate of drug-likeness (QED) is 0.506. The molecule has 0 aromatic heterocycles. The Morgan fingerprint density at radius 2 is 1.80 bits per heavy atom. The summed E-state index contributed by atoms with van der Waals surface area (Å²) in [5, 5.41) is 3.67. The molecule has 2 aromatic rings. The lowest BCUT2D eigenvalue weighted by Gasteiger charge is -2.40. The Morgan fingerprint density at radius 3 is 2.52 bits per heavy atom. The van der Waals surface area contributed by atoms with Gasteiger partial charge in [0.25, 0.3) is 0 Å². The van der Waals surface area contributed by atoms with E-state index < -0.39 is 0 Å². The molecule has 5 rings (SSSR count). The minimum atomic E-state index is -0.271. The van der Waals surface area contributed by atoms with E-state index in [-0.39, 0.29) is 36.6 Å². The van der Waals surface area contributed by atoms with Gasteiger partial charge in [-0.3, -0.25) is 14.6 Å². The highest BCUT2D eigenvalue weighted by Crippen LogP contribution is 2.35. The molecule has 40 heavy (non-hydrogen) atoms. The summed E-state index contributed by atoms with van der Waals surface area (Å²) in [5.41, 5.74) is 5.14. The number of fused-ring (bicyclic) bond motifs is 1. The molecular formula is C31H36ClN5O3. The number of carbonyl (C=O) groups excluding carboxylic acids is 3. The predicted molar refractivity (Wildman–Crippen MR) is 158 cm³/mol. The van der Waals surface area contributed by atoms with Crippen molar-refractivity contribution in [2.75, 3.05) is 31.5 Å². The van der Waals surface area contributed by atoms with Crippen molar-refractivity contribution in [3.05, 3.63) is 82.7 Å². The summed E-state index contributed by atoms with van der Waals surface area (Å²) in [4.78, 5) is 46.7. The summed E-state index contributed by atoms with van der Waals surface area (Å²) in [6, 6.07) is 13.1. The van der Waals surface area contributed by atoms with Crippen LogP contribution in [-0.2, 0) is 11.2 Å². The van der Waals surface area contributed by atoms with Crippen molar-refractivity contribution in [3.8, 4) is 0 Å². The van der Waals surface area contributed by atoms with E-state index >= 15 is 0 Å². The summed E-state index contributed by atoms with van der Waals surface area (Å²) >= 11 is 6.40. The number of nitrogens with one attached hydrogen (secondary N) is 1. The highest BCUT2D eigenvalue weighted by atomic mass is 35.5. The van der Waals surface area contributed by atoms with Crippen molar-refractivity contribution >= 4 is 40.8 Å². The summed E-state index contributed by atoms with van der Waals surface area (Å²) in [6.45, 7) is 11.7. The van der Waals surface area contributed by atoms with Gasteiger partial charge >= 0.3 is 12.1 Å². The summed E-state index contributed by atoms with van der Waals surface area (Å²) in [6.07, 6.45) is 3.91. The minimum absolute atomic E-state index is 0.0621. The second kappa shape index (κ2) is 11.4. The summed E-state index contributed by atoms with van der Waals surface area (Å²) in [5.74, 6) is -0.117. The molecule has 1 fully saturated rings. The Morgan fingerprint density at radius 1 is 1.07 bits per heavy atom. The molecule has 0 radical (unpaired) electrons. The van der Waals surface area contributed by atoms with Gasteiger partial charge in [0.15, 0.2) is 0 Å². The Kier molecular flexibility index (Phi) is 7.90. The van der Waals surface area contributed by atoms with E-state index in [0.717, 1.165) is 34.4 Å². The molecule has 210 valence electrons. The number of hydrogen-bond acceptors (Lipinski definition) is 3. The molecule has 9 heteroatoms. The fourth-order valence-electron chi connectivity index (χ4n) is 5.85. The molecule has 0 bridgehead atoms. The number of hydrogen-bond donors (Lipinski definition) is 1. The Bertz CT molecular complexity index is 1380. The summed E-state index contributed by atoms with van der Waals surface area (Å²) < 4.78 is 0. The number of likely N-dealkylation sites (tertiary alicyclic amines) is 1. The maximum atomic E-state index is 13.4. The van der Waals surface area contributed by atoms with Gasteiger partial charge in [-0.15, -0.1) is 0 Å². The molecule has 3 heterocycles. The molecule has 0 saturated carbocycles. The molecule has 5 amide bonds. The molecule has 0 aliphatic carbocycles. The molecule has 3 aliphatic heterocycles. The third-order valence-corrected chi connectivity index (χ3v) is 8.53. The van der Waals surface area contributed by atoms with Crippen LogP contribution in [0.4, 0.5) is 15.3 Å². The number of halogens is 1. The highest BCUT2D eigenvalue weighted by Gasteiger charge is 2.36. The molecule has 1 N–H and O–H groups in total. The van der Waals surface area contributed by atoms with Gasteiger partial charge in [0, 0.05) is 59.9 Å². The topological polar surface area (TPSA) is 76.2 Å². The molecule has 0 atom stereocenters. The lowest BCUT2D eigenvalue weighted by atomic mass is 9.96. The van der Waals surface area contributed by atoms with Crippen molar-refractivity contribution in [1.29, 1.82) is 0 Å². The number of benzene rings is 2. The van der Waals surface area contributed by atoms with Crippen LogP contribution < -0.4 is 5.32 Å². The monoisotopic (exact) mass is 561 g/mol. The standard InChI is InChI=1S/C31H36ClN5O3/c1-20(2)37-22(4)26(25-9-7-10-27(32)21(25)3)18-35(31(37)40)19-29(38)34-15-13-24(14-16-34)36-17-12-23-8-5-6-11-28(23)33-30(36)39/h5-11,18,20,24H,4,12-17,19H2,1-3H3,(H,33,39). The number of allylic oxidation sites excluding steroid dienone is 1. The van der Waals surface area contributed by atoms with E-state index in [1.54, 1.807) is 16.0 Å². The Balaban J connectivity index is 1.27. The van der Waals surface area contributed by atoms with Crippen LogP contribution in [0.15, 0.2) is 60.9 Å². The number of anilines is 1. The fraction of sp³-hybridized carbons (Fsp3) is 0.387. The first-order chi connectivity index (χ1) is 19.2. The molecule has 8 nitrogen and oxygen atoms in total. The van der Waals surface area contributed by atoms with Crippen LogP contribution in [0, 0.1) is 6.92 Å². The lowest BCUT2D eigenvalue weighted by molar-refractivity contribution is -0.132. The first kappa shape index (κ1) is 27.8. The van der Waals surface area contributed by atoms with Gasteiger partial charge in [-0.05, 0) is 68.9 Å². The van der Waals surface area contributed by atoms with Crippen molar-refractivity contribution in [3.63, 3.8) is 0 Å². The van der Waals surface area contributed by atoms with Crippen molar-refractivity contribution in [1.82, 2.24) is 19.6 Å². The molecule has 0 spiro atoms. The van der Waals surface area contributed by atoms with Crippen LogP contribution >= 0.6 is 11.6 Å². The van der Waals surface area contributed by atoms with Crippen molar-refractivity contribution < 1.29 is 14.4 Å². The van der Waals surface area contributed by atoms with E-state index in [1.807, 2.05) is 68.1 Å². The number of nitrogens with zero attached hydrogens (tertiary/aromatic N) is 4. The zero-order chi connectivity index (χ0) is 28.6. The number of urea groups is 2. The van der Waals surface area contributed by atoms with Crippen LogP contribution in [0.25, 0.3) is 5.57 Å². The fourth-order valence-corrected chi connectivity index (χ4v) is 6.02. The van der Waals surface area contributed by atoms with E-state index in [9.17, 15) is 14.4 Å². The van der Waals surface area contributed by atoms with Gasteiger partial charge in [0.2, 0.25) is 5.91 Å². The van der Waals surface area contributed by atoms with Gasteiger partial charge in [0.05, 0.1) is 0 Å². The maximum Gasteiger partial charge on any atom is 0.329 e. The molecule has 1 saturated heterocycles. The number of rotatable bonds is 5. The smallest absolute Gasteiger partial charge is 0.329 e. The Hall–Kier alpha value is -3.78. The van der Waals surface area contributed by atoms with Gasteiger partial charge in [-0.1, -0.05) is 48.5 Å². The SMILES string of the molecule is C=C1C(c2cccc(Cl)c2C)=CN(CC(=O)N2CCC(N3CCc4ccccc4NC3=O)CC2)C(=O)N1C(C)C. The van der Waals surface area contributed by atoms with E-state index in [4.69, 9.17) is 11.6 Å². The first-order valence-electron chi connectivity index (χ1n) is 13.9. The normalized spacial score (nSPS) is 18.5. The van der Waals surface area contributed by atoms with Crippen LogP contribution in [0.1, 0.15) is 43.4 Å². The van der Waals surface area contributed by atoms with Crippen molar-refractivity contribution in [2.24, 2.45) is 0 Å². The largest absolute Gasteiger partial charge is 0.341 e. The van der Waals surface area contributed by atoms with E-state index in [1.165, 1.54) is 4.90 Å². The van der Waals surface area contributed by atoms with Crippen LogP contribution in [-0.4, -0.2) is 75.8 Å². The second-order valence-corrected chi connectivity index (χ2v) is 11.3. The van der Waals surface area contributed by atoms with Gasteiger partial charge in [0.1, 0.15) is 6.54 Å². The number of carbonyl (C=O) groups is 3. The number of para-hydroxylation sites is 1. The zero-order valence-electron chi connectivity index (χ0n) is 23.3.